The summed E-state index contributed by atoms with van der Waals surface area (Å²) in [6.07, 6.45) is 0.156. The minimum atomic E-state index is -3.59. The van der Waals surface area contributed by atoms with E-state index in [0.29, 0.717) is 0 Å². The van der Waals surface area contributed by atoms with Gasteiger partial charge in [-0.2, -0.15) is 4.31 Å². The Bertz CT molecular complexity index is 557. The lowest BCUT2D eigenvalue weighted by atomic mass is 10.2. The number of nitrogens with two attached hydrogens (primary N) is 1. The number of nitrogens with zero attached hydrogens (tertiary/aromatic N) is 2. The second kappa shape index (κ2) is 6.36. The van der Waals surface area contributed by atoms with E-state index in [1.807, 2.05) is 0 Å². The summed E-state index contributed by atoms with van der Waals surface area (Å²) < 4.78 is 26.7. The topological polar surface area (TPSA) is 96.0 Å². The lowest BCUT2D eigenvalue weighted by molar-refractivity contribution is 0.313. The van der Waals surface area contributed by atoms with Crippen molar-refractivity contribution in [2.24, 2.45) is 10.9 Å². The molecule has 1 rings (SSSR count). The first-order chi connectivity index (χ1) is 8.78. The van der Waals surface area contributed by atoms with Crippen molar-refractivity contribution in [1.29, 1.82) is 0 Å². The monoisotopic (exact) mass is 349 g/mol. The Hall–Kier alpha value is -1.12. The Morgan fingerprint density at radius 3 is 2.47 bits per heavy atom. The number of hydrogen-bond donors (Lipinski definition) is 2. The third-order valence-corrected chi connectivity index (χ3v) is 5.26. The molecule has 1 unspecified atom stereocenters. The van der Waals surface area contributed by atoms with Crippen LogP contribution in [0.1, 0.15) is 13.3 Å². The lowest BCUT2D eigenvalue weighted by Gasteiger charge is -2.23. The summed E-state index contributed by atoms with van der Waals surface area (Å²) in [6.45, 7) is 1.69. The van der Waals surface area contributed by atoms with Crippen LogP contribution in [0.2, 0.25) is 0 Å². The zero-order valence-electron chi connectivity index (χ0n) is 10.6. The van der Waals surface area contributed by atoms with Crippen LogP contribution in [0.3, 0.4) is 0 Å². The van der Waals surface area contributed by atoms with Crippen LogP contribution in [0.25, 0.3) is 0 Å². The van der Waals surface area contributed by atoms with Crippen molar-refractivity contribution in [3.8, 4) is 0 Å². The van der Waals surface area contributed by atoms with Gasteiger partial charge in [0.05, 0.1) is 4.90 Å². The van der Waals surface area contributed by atoms with Gasteiger partial charge in [0, 0.05) is 24.0 Å². The van der Waals surface area contributed by atoms with E-state index in [2.05, 4.69) is 21.1 Å². The smallest absolute Gasteiger partial charge is 0.243 e. The van der Waals surface area contributed by atoms with Crippen LogP contribution in [-0.4, -0.2) is 36.9 Å². The van der Waals surface area contributed by atoms with Gasteiger partial charge in [-0.1, -0.05) is 21.1 Å². The predicted octanol–water partition coefficient (Wildman–Crippen LogP) is 1.59. The summed E-state index contributed by atoms with van der Waals surface area (Å²) in [6, 6.07) is 5.95. The summed E-state index contributed by atoms with van der Waals surface area (Å²) in [7, 11) is -2.12. The normalized spacial score (nSPS) is 14.6. The molecule has 0 saturated heterocycles. The molecule has 1 aromatic rings. The molecular weight excluding hydrogens is 334 g/mol. The molecule has 0 heterocycles. The molecule has 19 heavy (non-hydrogen) atoms. The second-order valence-corrected chi connectivity index (χ2v) is 7.03. The van der Waals surface area contributed by atoms with Crippen LogP contribution in [-0.2, 0) is 10.0 Å². The first-order valence-electron chi connectivity index (χ1n) is 5.49. The molecule has 0 aliphatic carbocycles. The number of rotatable bonds is 5. The Balaban J connectivity index is 2.96. The summed E-state index contributed by atoms with van der Waals surface area (Å²) in [5, 5.41) is 11.3. The largest absolute Gasteiger partial charge is 0.409 e. The standard InChI is InChI=1S/C11H16BrN3O3S/c1-8(7-11(13)14-16)15(2)19(17,18)10-5-3-9(12)4-6-10/h3-6,8,16H,7H2,1-2H3,(H2,13,14). The predicted molar refractivity (Wildman–Crippen MR) is 76.6 cm³/mol. The first-order valence-corrected chi connectivity index (χ1v) is 7.72. The van der Waals surface area contributed by atoms with Gasteiger partial charge >= 0.3 is 0 Å². The minimum Gasteiger partial charge on any atom is -0.409 e. The Morgan fingerprint density at radius 2 is 2.00 bits per heavy atom. The quantitative estimate of drug-likeness (QED) is 0.365. The summed E-state index contributed by atoms with van der Waals surface area (Å²) in [5.74, 6) is -0.00893. The lowest BCUT2D eigenvalue weighted by Crippen LogP contribution is -2.37. The molecule has 0 saturated carbocycles. The van der Waals surface area contributed by atoms with Crippen molar-refractivity contribution < 1.29 is 13.6 Å². The fourth-order valence-electron chi connectivity index (χ4n) is 1.48. The average Bonchev–Trinajstić information content (AvgIpc) is 2.38. The zero-order chi connectivity index (χ0) is 14.6. The molecule has 1 atom stereocenters. The first kappa shape index (κ1) is 15.9. The Labute approximate surface area is 121 Å². The molecule has 0 amide bonds. The molecule has 3 N–H and O–H groups in total. The molecule has 0 aliphatic rings. The van der Waals surface area contributed by atoms with Gasteiger partial charge in [-0.3, -0.25) is 0 Å². The molecular formula is C11H16BrN3O3S. The van der Waals surface area contributed by atoms with Crippen molar-refractivity contribution in [2.75, 3.05) is 7.05 Å². The molecule has 0 spiro atoms. The van der Waals surface area contributed by atoms with Gasteiger partial charge in [0.15, 0.2) is 0 Å². The molecule has 0 radical (unpaired) electrons. The van der Waals surface area contributed by atoms with E-state index in [1.165, 1.54) is 23.5 Å². The van der Waals surface area contributed by atoms with Gasteiger partial charge in [0.25, 0.3) is 0 Å². The molecule has 0 aliphatic heterocycles. The average molecular weight is 350 g/mol. The Kier molecular flexibility index (Phi) is 5.33. The highest BCUT2D eigenvalue weighted by Gasteiger charge is 2.25. The van der Waals surface area contributed by atoms with Crippen LogP contribution in [0.5, 0.6) is 0 Å². The number of hydrogen-bond acceptors (Lipinski definition) is 4. The molecule has 0 aromatic heterocycles. The van der Waals surface area contributed by atoms with Gasteiger partial charge in [-0.25, -0.2) is 8.42 Å². The number of oxime groups is 1. The van der Waals surface area contributed by atoms with Crippen LogP contribution >= 0.6 is 15.9 Å². The second-order valence-electron chi connectivity index (χ2n) is 4.12. The van der Waals surface area contributed by atoms with Gasteiger partial charge in [0.1, 0.15) is 5.84 Å². The molecule has 6 nitrogen and oxygen atoms in total. The van der Waals surface area contributed by atoms with E-state index >= 15 is 0 Å². The highest BCUT2D eigenvalue weighted by molar-refractivity contribution is 9.10. The highest BCUT2D eigenvalue weighted by Crippen LogP contribution is 2.20. The fraction of sp³-hybridized carbons (Fsp3) is 0.364. The number of sulfonamides is 1. The maximum atomic E-state index is 12.3. The summed E-state index contributed by atoms with van der Waals surface area (Å²) in [4.78, 5) is 0.199. The van der Waals surface area contributed by atoms with Crippen LogP contribution in [0.15, 0.2) is 38.8 Å². The van der Waals surface area contributed by atoms with Gasteiger partial charge in [-0.15, -0.1) is 0 Å². The maximum absolute atomic E-state index is 12.3. The van der Waals surface area contributed by atoms with Crippen molar-refractivity contribution in [2.45, 2.75) is 24.3 Å². The van der Waals surface area contributed by atoms with Crippen LogP contribution in [0, 0.1) is 0 Å². The molecule has 106 valence electrons. The molecule has 0 bridgehead atoms. The highest BCUT2D eigenvalue weighted by atomic mass is 79.9. The van der Waals surface area contributed by atoms with Gasteiger partial charge in [-0.05, 0) is 31.2 Å². The van der Waals surface area contributed by atoms with Crippen molar-refractivity contribution in [1.82, 2.24) is 4.31 Å². The minimum absolute atomic E-state index is 0.00893. The Morgan fingerprint density at radius 1 is 1.47 bits per heavy atom. The number of benzene rings is 1. The van der Waals surface area contributed by atoms with E-state index < -0.39 is 16.1 Å². The van der Waals surface area contributed by atoms with E-state index in [9.17, 15) is 8.42 Å². The van der Waals surface area contributed by atoms with Crippen LogP contribution < -0.4 is 5.73 Å². The number of amidine groups is 1. The summed E-state index contributed by atoms with van der Waals surface area (Å²) >= 11 is 3.25. The van der Waals surface area contributed by atoms with Crippen molar-refractivity contribution in [3.63, 3.8) is 0 Å². The maximum Gasteiger partial charge on any atom is 0.243 e. The van der Waals surface area contributed by atoms with Crippen molar-refractivity contribution in [3.05, 3.63) is 28.7 Å². The van der Waals surface area contributed by atoms with Gasteiger partial charge < -0.3 is 10.9 Å². The third-order valence-electron chi connectivity index (χ3n) is 2.74. The SMILES string of the molecule is CC(CC(N)=NO)N(C)S(=O)(=O)c1ccc(Br)cc1. The van der Waals surface area contributed by atoms with E-state index in [4.69, 9.17) is 10.9 Å². The number of halogens is 1. The molecule has 8 heteroatoms. The molecule has 0 fully saturated rings. The van der Waals surface area contributed by atoms with E-state index in [0.717, 1.165) is 4.47 Å². The van der Waals surface area contributed by atoms with E-state index in [-0.39, 0.29) is 17.2 Å². The third kappa shape index (κ3) is 3.92. The van der Waals surface area contributed by atoms with Gasteiger partial charge in [0.2, 0.25) is 10.0 Å². The fourth-order valence-corrected chi connectivity index (χ4v) is 3.11. The van der Waals surface area contributed by atoms with Crippen molar-refractivity contribution >= 4 is 31.8 Å². The molecule has 1 aromatic carbocycles. The van der Waals surface area contributed by atoms with E-state index in [1.54, 1.807) is 19.1 Å². The summed E-state index contributed by atoms with van der Waals surface area (Å²) in [5.41, 5.74) is 5.39. The zero-order valence-corrected chi connectivity index (χ0v) is 13.0. The van der Waals surface area contributed by atoms with Crippen LogP contribution in [0.4, 0.5) is 0 Å².